The molecule has 33 heavy (non-hydrogen) atoms. The lowest BCUT2D eigenvalue weighted by molar-refractivity contribution is -0.152. The number of carbonyl (C=O) groups is 4. The predicted molar refractivity (Wildman–Crippen MR) is 124 cm³/mol. The van der Waals surface area contributed by atoms with Gasteiger partial charge in [-0.05, 0) is 36.1 Å². The Morgan fingerprint density at radius 1 is 1.03 bits per heavy atom. The fourth-order valence-electron chi connectivity index (χ4n) is 3.77. The summed E-state index contributed by atoms with van der Waals surface area (Å²) in [6.07, 6.45) is 1.55. The molecule has 1 aliphatic heterocycles. The molecule has 1 atom stereocenters. The molecule has 1 saturated heterocycles. The Morgan fingerprint density at radius 2 is 1.70 bits per heavy atom. The highest BCUT2D eigenvalue weighted by atomic mass is 35.5. The van der Waals surface area contributed by atoms with Crippen molar-refractivity contribution in [3.63, 3.8) is 0 Å². The van der Waals surface area contributed by atoms with Crippen molar-refractivity contribution in [2.75, 3.05) is 18.1 Å². The van der Waals surface area contributed by atoms with E-state index in [1.54, 1.807) is 23.1 Å². The van der Waals surface area contributed by atoms with Gasteiger partial charge in [-0.2, -0.15) is 0 Å². The van der Waals surface area contributed by atoms with Crippen LogP contribution in [0.15, 0.2) is 42.5 Å². The molecule has 0 saturated carbocycles. The van der Waals surface area contributed by atoms with Gasteiger partial charge in [0.2, 0.25) is 5.91 Å². The number of aryl methyl sites for hydroxylation is 2. The molecule has 2 aromatic rings. The van der Waals surface area contributed by atoms with E-state index in [1.165, 1.54) is 6.07 Å². The van der Waals surface area contributed by atoms with Crippen LogP contribution in [-0.2, 0) is 32.0 Å². The van der Waals surface area contributed by atoms with E-state index in [4.69, 9.17) is 16.3 Å². The summed E-state index contributed by atoms with van der Waals surface area (Å²) >= 11 is 5.94. The fourth-order valence-corrected chi connectivity index (χ4v) is 3.99. The molecule has 0 radical (unpaired) electrons. The van der Waals surface area contributed by atoms with Gasteiger partial charge in [0, 0.05) is 18.7 Å². The third-order valence-corrected chi connectivity index (χ3v) is 5.80. The van der Waals surface area contributed by atoms with Crippen LogP contribution in [0.2, 0.25) is 5.02 Å². The summed E-state index contributed by atoms with van der Waals surface area (Å²) in [5.41, 5.74) is 7.54. The second-order valence-corrected chi connectivity index (χ2v) is 8.03. The first-order valence-corrected chi connectivity index (χ1v) is 11.1. The van der Waals surface area contributed by atoms with Crippen LogP contribution in [0.5, 0.6) is 0 Å². The molecular weight excluding hydrogens is 446 g/mol. The van der Waals surface area contributed by atoms with Crippen LogP contribution in [0.4, 0.5) is 5.69 Å². The number of halogens is 1. The Hall–Kier alpha value is -3.39. The smallest absolute Gasteiger partial charge is 0.311 e. The molecule has 8 nitrogen and oxygen atoms in total. The number of hydrogen-bond acceptors (Lipinski definition) is 5. The third-order valence-electron chi connectivity index (χ3n) is 5.47. The first-order valence-electron chi connectivity index (χ1n) is 10.8. The van der Waals surface area contributed by atoms with Gasteiger partial charge in [0.05, 0.1) is 16.5 Å². The Morgan fingerprint density at radius 3 is 2.33 bits per heavy atom. The van der Waals surface area contributed by atoms with E-state index in [0.29, 0.717) is 0 Å². The number of nitrogens with one attached hydrogen (secondary N) is 2. The van der Waals surface area contributed by atoms with Gasteiger partial charge in [-0.15, -0.1) is 0 Å². The lowest BCUT2D eigenvalue weighted by Gasteiger charge is -2.23. The zero-order chi connectivity index (χ0) is 24.0. The minimum atomic E-state index is -0.713. The Labute approximate surface area is 197 Å². The first-order chi connectivity index (χ1) is 15.8. The highest BCUT2D eigenvalue weighted by molar-refractivity contribution is 6.33. The van der Waals surface area contributed by atoms with Gasteiger partial charge in [-0.1, -0.05) is 55.8 Å². The fraction of sp³-hybridized carbons (Fsp3) is 0.333. The standard InChI is InChI=1S/C24H26ClN3O5/c1-3-15-8-7-9-16(4-2)22(15)28-13-17(12-21(28)30)24(32)33-14-20(29)26-27-23(31)18-10-5-6-11-19(18)25/h5-11,17H,3-4,12-14H2,1-2H3,(H,26,29)(H,27,31)/t17-/m0/s1. The molecule has 174 valence electrons. The van der Waals surface area contributed by atoms with Crippen LogP contribution >= 0.6 is 11.6 Å². The van der Waals surface area contributed by atoms with Crippen molar-refractivity contribution >= 4 is 41.0 Å². The number of amides is 3. The molecule has 9 heteroatoms. The molecule has 0 spiro atoms. The monoisotopic (exact) mass is 471 g/mol. The lowest BCUT2D eigenvalue weighted by atomic mass is 10.0. The molecule has 0 bridgehead atoms. The maximum atomic E-state index is 12.7. The molecule has 2 aromatic carbocycles. The van der Waals surface area contributed by atoms with Gasteiger partial charge in [0.1, 0.15) is 0 Å². The largest absolute Gasteiger partial charge is 0.455 e. The molecule has 3 amide bonds. The summed E-state index contributed by atoms with van der Waals surface area (Å²) in [7, 11) is 0. The summed E-state index contributed by atoms with van der Waals surface area (Å²) in [6.45, 7) is 3.66. The van der Waals surface area contributed by atoms with Crippen LogP contribution in [-0.4, -0.2) is 36.8 Å². The number of nitrogens with zero attached hydrogens (tertiary/aromatic N) is 1. The van der Waals surface area contributed by atoms with Gasteiger partial charge in [-0.25, -0.2) is 0 Å². The van der Waals surface area contributed by atoms with Crippen LogP contribution in [0.25, 0.3) is 0 Å². The molecule has 1 heterocycles. The number of ether oxygens (including phenoxy) is 1. The lowest BCUT2D eigenvalue weighted by Crippen LogP contribution is -2.44. The topological polar surface area (TPSA) is 105 Å². The van der Waals surface area contributed by atoms with Crippen LogP contribution in [0.3, 0.4) is 0 Å². The second-order valence-electron chi connectivity index (χ2n) is 7.63. The third kappa shape index (κ3) is 5.70. The number of hydrazine groups is 1. The summed E-state index contributed by atoms with van der Waals surface area (Å²) in [5, 5.41) is 0.238. The van der Waals surface area contributed by atoms with Crippen molar-refractivity contribution in [3.05, 3.63) is 64.2 Å². The van der Waals surface area contributed by atoms with E-state index >= 15 is 0 Å². The number of rotatable bonds is 7. The van der Waals surface area contributed by atoms with E-state index in [-0.39, 0.29) is 29.5 Å². The zero-order valence-corrected chi connectivity index (χ0v) is 19.3. The summed E-state index contributed by atoms with van der Waals surface area (Å²) in [4.78, 5) is 50.9. The summed E-state index contributed by atoms with van der Waals surface area (Å²) in [6, 6.07) is 12.3. The quantitative estimate of drug-likeness (QED) is 0.477. The number of hydrogen-bond donors (Lipinski definition) is 2. The van der Waals surface area contributed by atoms with Crippen LogP contribution in [0.1, 0.15) is 41.8 Å². The molecule has 0 unspecified atom stereocenters. The van der Waals surface area contributed by atoms with Crippen molar-refractivity contribution in [3.8, 4) is 0 Å². The van der Waals surface area contributed by atoms with Gasteiger partial charge in [0.15, 0.2) is 6.61 Å². The number of anilines is 1. The van der Waals surface area contributed by atoms with E-state index in [2.05, 4.69) is 10.9 Å². The Balaban J connectivity index is 1.53. The Bertz CT molecular complexity index is 1050. The van der Waals surface area contributed by atoms with E-state index in [0.717, 1.165) is 29.7 Å². The molecule has 1 fully saturated rings. The van der Waals surface area contributed by atoms with Gasteiger partial charge < -0.3 is 9.64 Å². The van der Waals surface area contributed by atoms with Gasteiger partial charge >= 0.3 is 5.97 Å². The van der Waals surface area contributed by atoms with E-state index in [9.17, 15) is 19.2 Å². The molecule has 0 aliphatic carbocycles. The normalized spacial score (nSPS) is 15.3. The van der Waals surface area contributed by atoms with Crippen LogP contribution in [0, 0.1) is 5.92 Å². The van der Waals surface area contributed by atoms with E-state index in [1.807, 2.05) is 32.0 Å². The zero-order valence-electron chi connectivity index (χ0n) is 18.5. The number of benzene rings is 2. The maximum Gasteiger partial charge on any atom is 0.311 e. The van der Waals surface area contributed by atoms with E-state index < -0.39 is 30.3 Å². The Kier molecular flexibility index (Phi) is 8.06. The van der Waals surface area contributed by atoms with Gasteiger partial charge in [0.25, 0.3) is 11.8 Å². The summed E-state index contributed by atoms with van der Waals surface area (Å²) in [5.74, 6) is -2.76. The summed E-state index contributed by atoms with van der Waals surface area (Å²) < 4.78 is 5.09. The molecule has 3 rings (SSSR count). The van der Waals surface area contributed by atoms with Crippen molar-refractivity contribution < 1.29 is 23.9 Å². The molecule has 1 aliphatic rings. The average Bonchev–Trinajstić information content (AvgIpc) is 3.21. The van der Waals surface area contributed by atoms with Crippen molar-refractivity contribution in [2.45, 2.75) is 33.1 Å². The van der Waals surface area contributed by atoms with Crippen molar-refractivity contribution in [1.29, 1.82) is 0 Å². The number of esters is 1. The van der Waals surface area contributed by atoms with Crippen molar-refractivity contribution in [1.82, 2.24) is 10.9 Å². The minimum absolute atomic E-state index is 0.0187. The highest BCUT2D eigenvalue weighted by Gasteiger charge is 2.37. The minimum Gasteiger partial charge on any atom is -0.455 e. The van der Waals surface area contributed by atoms with Gasteiger partial charge in [-0.3, -0.25) is 30.0 Å². The SMILES string of the molecule is CCc1cccc(CC)c1N1C[C@@H](C(=O)OCC(=O)NNC(=O)c2ccccc2Cl)CC1=O. The van der Waals surface area contributed by atoms with Crippen LogP contribution < -0.4 is 15.8 Å². The molecule has 2 N–H and O–H groups in total. The second kappa shape index (κ2) is 11.0. The molecular formula is C24H26ClN3O5. The average molecular weight is 472 g/mol. The maximum absolute atomic E-state index is 12.7. The molecule has 0 aromatic heterocycles. The predicted octanol–water partition coefficient (Wildman–Crippen LogP) is 2.82. The van der Waals surface area contributed by atoms with Crippen molar-refractivity contribution in [2.24, 2.45) is 5.92 Å². The number of para-hydroxylation sites is 1. The first kappa shape index (κ1) is 24.3. The number of carbonyl (C=O) groups excluding carboxylic acids is 4. The highest BCUT2D eigenvalue weighted by Crippen LogP contribution is 2.32.